The van der Waals surface area contributed by atoms with Crippen molar-refractivity contribution < 1.29 is 4.79 Å². The number of nitrogens with one attached hydrogen (secondary N) is 1. The number of carbonyl (C=O) groups is 1. The average molecular weight is 350 g/mol. The van der Waals surface area contributed by atoms with Gasteiger partial charge in [-0.15, -0.1) is 0 Å². The van der Waals surface area contributed by atoms with Gasteiger partial charge in [-0.25, -0.2) is 0 Å². The summed E-state index contributed by atoms with van der Waals surface area (Å²) in [6.45, 7) is 4.16. The molecule has 17 heavy (non-hydrogen) atoms. The molecule has 0 saturated carbocycles. The van der Waals surface area contributed by atoms with Crippen molar-refractivity contribution >= 4 is 43.8 Å². The molecule has 0 spiro atoms. The van der Waals surface area contributed by atoms with Crippen LogP contribution in [0.1, 0.15) is 18.2 Å². The zero-order valence-corrected chi connectivity index (χ0v) is 14.4. The third-order valence-corrected chi connectivity index (χ3v) is 11.0. The van der Waals surface area contributed by atoms with Crippen LogP contribution in [0.25, 0.3) is 0 Å². The Bertz CT molecular complexity index is 504. The molecule has 0 aromatic carbocycles. The van der Waals surface area contributed by atoms with Crippen LogP contribution in [-0.4, -0.2) is 32.3 Å². The number of allylic oxidation sites excluding steroid dienone is 2. The molecule has 88 valence electrons. The van der Waals surface area contributed by atoms with Crippen molar-refractivity contribution in [2.45, 2.75) is 24.9 Å². The fraction of sp³-hybridized carbons (Fsp3) is 0.333. The van der Waals surface area contributed by atoms with Gasteiger partial charge in [-0.05, 0) is 0 Å². The first-order chi connectivity index (χ1) is 8.06. The van der Waals surface area contributed by atoms with Crippen molar-refractivity contribution in [3.63, 3.8) is 0 Å². The van der Waals surface area contributed by atoms with E-state index >= 15 is 0 Å². The van der Waals surface area contributed by atoms with Crippen LogP contribution >= 0.6 is 11.3 Å². The molecule has 1 N–H and O–H groups in total. The molecular weight excluding hydrogens is 335 g/mol. The van der Waals surface area contributed by atoms with Gasteiger partial charge in [0, 0.05) is 0 Å². The van der Waals surface area contributed by atoms with Crippen LogP contribution in [0.3, 0.4) is 0 Å². The monoisotopic (exact) mass is 350 g/mol. The number of anilines is 1. The molecule has 3 nitrogen and oxygen atoms in total. The summed E-state index contributed by atoms with van der Waals surface area (Å²) in [5.41, 5.74) is 1.22. The molecule has 2 heterocycles. The van der Waals surface area contributed by atoms with Crippen LogP contribution in [-0.2, 0) is 4.79 Å². The van der Waals surface area contributed by atoms with E-state index in [4.69, 9.17) is 0 Å². The first-order valence-electron chi connectivity index (χ1n) is 5.66. The van der Waals surface area contributed by atoms with E-state index in [2.05, 4.69) is 31.8 Å². The number of aryl methyl sites for hydroxylation is 1. The van der Waals surface area contributed by atoms with Gasteiger partial charge in [-0.3, -0.25) is 0 Å². The first kappa shape index (κ1) is 12.9. The molecule has 0 aliphatic carbocycles. The number of thiazole rings is 1. The summed E-state index contributed by atoms with van der Waals surface area (Å²) < 4.78 is 6.19. The van der Waals surface area contributed by atoms with E-state index < -0.39 is 21.4 Å². The van der Waals surface area contributed by atoms with Gasteiger partial charge < -0.3 is 0 Å². The molecule has 2 rings (SSSR count). The number of carbonyl (C=O) groups excluding carboxylic acids is 1. The molecule has 0 unspecified atom stereocenters. The van der Waals surface area contributed by atoms with E-state index in [-0.39, 0.29) is 5.91 Å². The van der Waals surface area contributed by atoms with Crippen molar-refractivity contribution in [3.05, 3.63) is 29.9 Å². The topological polar surface area (TPSA) is 42.0 Å². The van der Waals surface area contributed by atoms with Gasteiger partial charge >= 0.3 is 114 Å². The number of hydrogen-bond donors (Lipinski definition) is 1. The van der Waals surface area contributed by atoms with E-state index in [0.29, 0.717) is 11.6 Å². The summed E-state index contributed by atoms with van der Waals surface area (Å²) in [5.74, 6) is 0.0405. The number of rotatable bonds is 3. The molecule has 0 saturated heterocycles. The number of nitrogens with zero attached hydrogens (tertiary/aromatic N) is 1. The summed E-state index contributed by atoms with van der Waals surface area (Å²) >= 11 is 0.0143. The Balaban J connectivity index is 1.97. The fourth-order valence-electron chi connectivity index (χ4n) is 1.78. The molecule has 1 aliphatic rings. The van der Waals surface area contributed by atoms with Crippen LogP contribution in [0.5, 0.6) is 0 Å². The Morgan fingerprint density at radius 2 is 2.29 bits per heavy atom. The van der Waals surface area contributed by atoms with E-state index in [1.54, 1.807) is 6.20 Å². The number of aromatic nitrogens is 1. The van der Waals surface area contributed by atoms with Crippen LogP contribution < -0.4 is 5.32 Å². The van der Waals surface area contributed by atoms with Crippen LogP contribution in [0.15, 0.2) is 25.0 Å². The van der Waals surface area contributed by atoms with Gasteiger partial charge in [0.25, 0.3) is 0 Å². The summed E-state index contributed by atoms with van der Waals surface area (Å²) in [6.07, 6.45) is 4.41. The molecule has 5 heteroatoms. The molecule has 1 aromatic rings. The van der Waals surface area contributed by atoms with Gasteiger partial charge in [-0.1, -0.05) is 0 Å². The van der Waals surface area contributed by atoms with Gasteiger partial charge in [0.1, 0.15) is 0 Å². The van der Waals surface area contributed by atoms with Gasteiger partial charge in [0.15, 0.2) is 0 Å². The molecule has 0 atom stereocenters. The van der Waals surface area contributed by atoms with E-state index in [1.807, 2.05) is 6.92 Å². The maximum atomic E-state index is 11.8. The van der Waals surface area contributed by atoms with Gasteiger partial charge in [0.05, 0.1) is 0 Å². The Morgan fingerprint density at radius 3 is 2.82 bits per heavy atom. The first-order valence-corrected chi connectivity index (χ1v) is 13.3. The second kappa shape index (κ2) is 5.40. The SMILES string of the molecule is C[C]1=C(CC(=O)Nc2ncc(C)s2)C=[CH][In]1[CH3]. The third kappa shape index (κ3) is 3.22. The Hall–Kier alpha value is -0.550. The average Bonchev–Trinajstić information content (AvgIpc) is 2.79. The summed E-state index contributed by atoms with van der Waals surface area (Å²) in [4.78, 5) is 17.1. The predicted molar refractivity (Wildman–Crippen MR) is 73.6 cm³/mol. The minimum absolute atomic E-state index is 0.0405. The molecule has 0 fully saturated rings. The Morgan fingerprint density at radius 1 is 1.53 bits per heavy atom. The standard InChI is InChI=1S/C11H12N2OS.CH3.In/c1-4-9(5-2)6-10(14)13-11-12-7-8(3)15-11;;/h1,4,7H,6H2,2-3H3,(H,12,13,14);1H3;. The van der Waals surface area contributed by atoms with Crippen LogP contribution in [0, 0.1) is 6.92 Å². The molecular formula is C12H15InN2OS. The molecule has 0 radical (unpaired) electrons. The van der Waals surface area contributed by atoms with E-state index in [1.165, 1.54) is 20.2 Å². The molecule has 1 aliphatic heterocycles. The zero-order chi connectivity index (χ0) is 12.4. The molecule has 1 aromatic heterocycles. The molecule has 0 bridgehead atoms. The summed E-state index contributed by atoms with van der Waals surface area (Å²) in [5, 5.41) is 3.55. The fourth-order valence-corrected chi connectivity index (χ4v) is 7.00. The Labute approximate surface area is 113 Å². The number of amides is 1. The zero-order valence-electron chi connectivity index (χ0n) is 10.3. The van der Waals surface area contributed by atoms with Crippen molar-refractivity contribution in [2.75, 3.05) is 5.32 Å². The molecule has 1 amide bonds. The van der Waals surface area contributed by atoms with Crippen LogP contribution in [0.4, 0.5) is 5.13 Å². The van der Waals surface area contributed by atoms with Crippen molar-refractivity contribution in [3.8, 4) is 0 Å². The van der Waals surface area contributed by atoms with E-state index in [9.17, 15) is 4.79 Å². The van der Waals surface area contributed by atoms with Crippen molar-refractivity contribution in [1.29, 1.82) is 0 Å². The van der Waals surface area contributed by atoms with E-state index in [0.717, 1.165) is 4.88 Å². The second-order valence-electron chi connectivity index (χ2n) is 4.36. The minimum atomic E-state index is -1.50. The van der Waals surface area contributed by atoms with Crippen LogP contribution in [0.2, 0.25) is 4.68 Å². The summed E-state index contributed by atoms with van der Waals surface area (Å²) in [6, 6.07) is 0. The van der Waals surface area contributed by atoms with Crippen molar-refractivity contribution in [2.24, 2.45) is 0 Å². The van der Waals surface area contributed by atoms with Crippen molar-refractivity contribution in [1.82, 2.24) is 4.98 Å². The Kier molecular flexibility index (Phi) is 4.09. The normalized spacial score (nSPS) is 14.6. The van der Waals surface area contributed by atoms with Gasteiger partial charge in [0.2, 0.25) is 0 Å². The van der Waals surface area contributed by atoms with Gasteiger partial charge in [-0.2, -0.15) is 0 Å². The summed E-state index contributed by atoms with van der Waals surface area (Å²) in [7, 11) is 0. The third-order valence-electron chi connectivity index (χ3n) is 2.99. The quantitative estimate of drug-likeness (QED) is 0.911. The predicted octanol–water partition coefficient (Wildman–Crippen LogP) is 2.87. The maximum absolute atomic E-state index is 11.8. The number of hydrogen-bond acceptors (Lipinski definition) is 3. The second-order valence-corrected chi connectivity index (χ2v) is 13.7.